The average Bonchev–Trinajstić information content (AvgIpc) is 2.72. The minimum absolute atomic E-state index is 0.359. The van der Waals surface area contributed by atoms with E-state index in [2.05, 4.69) is 10.3 Å². The molecule has 0 saturated heterocycles. The monoisotopic (exact) mass is 284 g/mol. The van der Waals surface area contributed by atoms with E-state index in [-0.39, 0.29) is 0 Å². The normalized spacial score (nSPS) is 11.8. The molecular weight excluding hydrogens is 269 g/mol. The van der Waals surface area contributed by atoms with Crippen molar-refractivity contribution in [3.8, 4) is 0 Å². The van der Waals surface area contributed by atoms with Crippen LogP contribution in [0.4, 0.5) is 19.0 Å². The highest BCUT2D eigenvalue weighted by molar-refractivity contribution is 5.34. The average molecular weight is 284 g/mol. The van der Waals surface area contributed by atoms with E-state index in [9.17, 15) is 13.2 Å². The van der Waals surface area contributed by atoms with Crippen molar-refractivity contribution in [3.05, 3.63) is 41.1 Å². The van der Waals surface area contributed by atoms with Gasteiger partial charge in [-0.3, -0.25) is 0 Å². The predicted octanol–water partition coefficient (Wildman–Crippen LogP) is 2.88. The van der Waals surface area contributed by atoms with Gasteiger partial charge >= 0.3 is 6.18 Å². The van der Waals surface area contributed by atoms with Gasteiger partial charge in [0.15, 0.2) is 5.82 Å². The fourth-order valence-corrected chi connectivity index (χ4v) is 1.94. The second kappa shape index (κ2) is 5.52. The first-order chi connectivity index (χ1) is 9.41. The molecule has 0 atom stereocenters. The Balaban J connectivity index is 2.18. The first-order valence-corrected chi connectivity index (χ1v) is 6.25. The van der Waals surface area contributed by atoms with Crippen molar-refractivity contribution in [1.82, 2.24) is 15.0 Å². The summed E-state index contributed by atoms with van der Waals surface area (Å²) in [5.74, 6) is 0.374. The van der Waals surface area contributed by atoms with Crippen LogP contribution in [0.5, 0.6) is 0 Å². The number of nitrogens with zero attached hydrogens (tertiary/aromatic N) is 3. The van der Waals surface area contributed by atoms with Crippen LogP contribution >= 0.6 is 0 Å². The zero-order chi connectivity index (χ0) is 14.8. The Morgan fingerprint density at radius 3 is 2.40 bits per heavy atom. The number of aromatic nitrogens is 3. The first kappa shape index (κ1) is 14.4. The summed E-state index contributed by atoms with van der Waals surface area (Å²) < 4.78 is 39.0. The number of nitrogens with two attached hydrogens (primary N) is 1. The molecule has 1 heterocycles. The Hall–Kier alpha value is -2.05. The highest BCUT2D eigenvalue weighted by Gasteiger charge is 2.29. The number of alkyl halides is 3. The van der Waals surface area contributed by atoms with E-state index in [4.69, 9.17) is 5.73 Å². The lowest BCUT2D eigenvalue weighted by atomic mass is 10.1. The Morgan fingerprint density at radius 1 is 1.20 bits per heavy atom. The van der Waals surface area contributed by atoms with E-state index in [1.54, 1.807) is 4.68 Å². The molecule has 4 nitrogen and oxygen atoms in total. The third-order valence-corrected chi connectivity index (χ3v) is 2.97. The first-order valence-electron chi connectivity index (χ1n) is 6.25. The van der Waals surface area contributed by atoms with Gasteiger partial charge in [0.05, 0.1) is 17.8 Å². The molecule has 1 aromatic carbocycles. The minimum Gasteiger partial charge on any atom is -0.381 e. The molecule has 108 valence electrons. The summed E-state index contributed by atoms with van der Waals surface area (Å²) in [5, 5.41) is 7.72. The van der Waals surface area contributed by atoms with Crippen molar-refractivity contribution >= 4 is 5.82 Å². The third-order valence-electron chi connectivity index (χ3n) is 2.97. The molecule has 0 amide bonds. The van der Waals surface area contributed by atoms with Gasteiger partial charge < -0.3 is 5.73 Å². The molecule has 0 aliphatic heterocycles. The number of hydrogen-bond acceptors (Lipinski definition) is 3. The molecule has 0 spiro atoms. The predicted molar refractivity (Wildman–Crippen MR) is 69.0 cm³/mol. The van der Waals surface area contributed by atoms with Crippen LogP contribution in [0.15, 0.2) is 24.3 Å². The Morgan fingerprint density at radius 2 is 1.85 bits per heavy atom. The van der Waals surface area contributed by atoms with Crippen molar-refractivity contribution in [2.24, 2.45) is 0 Å². The highest BCUT2D eigenvalue weighted by Crippen LogP contribution is 2.29. The molecule has 7 heteroatoms. The number of rotatable bonds is 4. The molecule has 0 bridgehead atoms. The van der Waals surface area contributed by atoms with Gasteiger partial charge in [-0.05, 0) is 24.1 Å². The molecule has 0 fully saturated rings. The van der Waals surface area contributed by atoms with E-state index < -0.39 is 11.7 Å². The lowest BCUT2D eigenvalue weighted by Gasteiger charge is -2.09. The van der Waals surface area contributed by atoms with Crippen LogP contribution in [0.3, 0.4) is 0 Å². The fraction of sp³-hybridized carbons (Fsp3) is 0.385. The van der Waals surface area contributed by atoms with Gasteiger partial charge in [0.2, 0.25) is 0 Å². The summed E-state index contributed by atoms with van der Waals surface area (Å²) in [6, 6.07) is 5.01. The number of nitrogen functional groups attached to an aromatic ring is 1. The van der Waals surface area contributed by atoms with E-state index in [1.165, 1.54) is 12.1 Å². The van der Waals surface area contributed by atoms with E-state index in [0.29, 0.717) is 12.4 Å². The van der Waals surface area contributed by atoms with Crippen molar-refractivity contribution in [2.75, 3.05) is 5.73 Å². The maximum atomic E-state index is 12.5. The van der Waals surface area contributed by atoms with Crippen molar-refractivity contribution < 1.29 is 13.2 Å². The van der Waals surface area contributed by atoms with Gasteiger partial charge in [-0.15, -0.1) is 5.10 Å². The van der Waals surface area contributed by atoms with Crippen molar-refractivity contribution in [2.45, 2.75) is 32.5 Å². The molecule has 2 aromatic rings. The van der Waals surface area contributed by atoms with Crippen LogP contribution in [0.1, 0.15) is 30.2 Å². The molecule has 0 unspecified atom stereocenters. The fourth-order valence-electron chi connectivity index (χ4n) is 1.94. The number of hydrogen-bond donors (Lipinski definition) is 1. The lowest BCUT2D eigenvalue weighted by molar-refractivity contribution is -0.137. The second-order valence-corrected chi connectivity index (χ2v) is 4.52. The standard InChI is InChI=1S/C13H15F3N4/c1-2-3-11-12(17)18-19-20(11)8-9-4-6-10(7-5-9)13(14,15)16/h4-7H,2-3,8,17H2,1H3. The Kier molecular flexibility index (Phi) is 3.96. The zero-order valence-corrected chi connectivity index (χ0v) is 11.0. The zero-order valence-electron chi connectivity index (χ0n) is 11.0. The molecular formula is C13H15F3N4. The smallest absolute Gasteiger partial charge is 0.381 e. The van der Waals surface area contributed by atoms with Gasteiger partial charge in [-0.1, -0.05) is 30.7 Å². The maximum absolute atomic E-state index is 12.5. The molecule has 0 aliphatic carbocycles. The topological polar surface area (TPSA) is 56.7 Å². The Bertz CT molecular complexity index is 572. The highest BCUT2D eigenvalue weighted by atomic mass is 19.4. The van der Waals surface area contributed by atoms with Gasteiger partial charge in [-0.25, -0.2) is 4.68 Å². The van der Waals surface area contributed by atoms with Crippen molar-refractivity contribution in [3.63, 3.8) is 0 Å². The van der Waals surface area contributed by atoms with Crippen molar-refractivity contribution in [1.29, 1.82) is 0 Å². The molecule has 0 saturated carbocycles. The van der Waals surface area contributed by atoms with Crippen LogP contribution < -0.4 is 5.73 Å². The van der Waals surface area contributed by atoms with Gasteiger partial charge in [-0.2, -0.15) is 13.2 Å². The maximum Gasteiger partial charge on any atom is 0.416 e. The minimum atomic E-state index is -4.32. The molecule has 2 rings (SSSR count). The number of benzene rings is 1. The van der Waals surface area contributed by atoms with Crippen LogP contribution in [0.25, 0.3) is 0 Å². The molecule has 1 aromatic heterocycles. The third kappa shape index (κ3) is 3.09. The summed E-state index contributed by atoms with van der Waals surface area (Å²) in [6.07, 6.45) is -2.69. The second-order valence-electron chi connectivity index (χ2n) is 4.52. The molecule has 2 N–H and O–H groups in total. The molecule has 0 radical (unpaired) electrons. The summed E-state index contributed by atoms with van der Waals surface area (Å²) in [6.45, 7) is 2.37. The van der Waals surface area contributed by atoms with Gasteiger partial charge in [0, 0.05) is 0 Å². The largest absolute Gasteiger partial charge is 0.416 e. The molecule has 20 heavy (non-hydrogen) atoms. The van der Waals surface area contributed by atoms with Crippen LogP contribution in [-0.2, 0) is 19.1 Å². The summed E-state index contributed by atoms with van der Waals surface area (Å²) in [4.78, 5) is 0. The van der Waals surface area contributed by atoms with Crippen LogP contribution in [0.2, 0.25) is 0 Å². The van der Waals surface area contributed by atoms with Gasteiger partial charge in [0.25, 0.3) is 0 Å². The number of anilines is 1. The van der Waals surface area contributed by atoms with Crippen LogP contribution in [-0.4, -0.2) is 15.0 Å². The lowest BCUT2D eigenvalue weighted by Crippen LogP contribution is -2.08. The van der Waals surface area contributed by atoms with Crippen LogP contribution in [0, 0.1) is 0 Å². The van der Waals surface area contributed by atoms with Gasteiger partial charge in [0.1, 0.15) is 0 Å². The summed E-state index contributed by atoms with van der Waals surface area (Å²) in [7, 11) is 0. The Labute approximate surface area is 114 Å². The quantitative estimate of drug-likeness (QED) is 0.939. The summed E-state index contributed by atoms with van der Waals surface area (Å²) in [5.41, 5.74) is 6.59. The van der Waals surface area contributed by atoms with E-state index in [0.717, 1.165) is 36.2 Å². The van der Waals surface area contributed by atoms with E-state index >= 15 is 0 Å². The number of halogens is 3. The SMILES string of the molecule is CCCc1c(N)nnn1Cc1ccc(C(F)(F)F)cc1. The van der Waals surface area contributed by atoms with E-state index in [1.807, 2.05) is 6.92 Å². The summed E-state index contributed by atoms with van der Waals surface area (Å²) >= 11 is 0. The molecule has 0 aliphatic rings.